The van der Waals surface area contributed by atoms with Gasteiger partial charge in [0.1, 0.15) is 5.75 Å². The molecule has 3 fully saturated rings. The Hall–Kier alpha value is -3.11. The fourth-order valence-electron chi connectivity index (χ4n) is 8.57. The number of ether oxygens (including phenoxy) is 2. The summed E-state index contributed by atoms with van der Waals surface area (Å²) >= 11 is 0. The van der Waals surface area contributed by atoms with Crippen LogP contribution in [0, 0.1) is 17.8 Å². The summed E-state index contributed by atoms with van der Waals surface area (Å²) in [4.78, 5) is 52.3. The van der Waals surface area contributed by atoms with Crippen LogP contribution in [0.3, 0.4) is 0 Å². The van der Waals surface area contributed by atoms with E-state index in [0.29, 0.717) is 58.2 Å². The van der Waals surface area contributed by atoms with E-state index in [-0.39, 0.29) is 24.1 Å². The van der Waals surface area contributed by atoms with Crippen LogP contribution in [0.25, 0.3) is 10.9 Å². The molecule has 1 saturated carbocycles. The molecule has 2 saturated heterocycles. The van der Waals surface area contributed by atoms with E-state index in [9.17, 15) is 14.4 Å². The number of benzene rings is 1. The summed E-state index contributed by atoms with van der Waals surface area (Å²) in [5.74, 6) is 0.411. The van der Waals surface area contributed by atoms with Crippen LogP contribution in [0.5, 0.6) is 5.75 Å². The lowest BCUT2D eigenvalue weighted by Crippen LogP contribution is -2.66. The predicted molar refractivity (Wildman–Crippen MR) is 173 cm³/mol. The molecule has 0 spiro atoms. The topological polar surface area (TPSA) is 107 Å². The van der Waals surface area contributed by atoms with Crippen LogP contribution in [-0.2, 0) is 31.1 Å². The van der Waals surface area contributed by atoms with Crippen molar-refractivity contribution in [2.75, 3.05) is 67.1 Å². The van der Waals surface area contributed by atoms with E-state index < -0.39 is 17.4 Å². The van der Waals surface area contributed by atoms with Gasteiger partial charge < -0.3 is 34.5 Å². The number of aromatic nitrogens is 1. The zero-order valence-corrected chi connectivity index (χ0v) is 27.4. The molecule has 45 heavy (non-hydrogen) atoms. The number of hydrogen-bond donors (Lipinski definition) is 2. The second-order valence-electron chi connectivity index (χ2n) is 13.9. The maximum atomic E-state index is 14.7. The first-order valence-electron chi connectivity index (χ1n) is 17.1. The second kappa shape index (κ2) is 13.7. The SMILES string of the molecule is COc1ccc2[nH]c3c(c2c1)CCN1C(=O)C(CC(=O)NCCCN(C)C)C[C@H](C(=O)N2CCOCC2)[C@@]31CCC1CCCC1. The Morgan fingerprint density at radius 3 is 2.67 bits per heavy atom. The highest BCUT2D eigenvalue weighted by atomic mass is 16.5. The highest BCUT2D eigenvalue weighted by Gasteiger charge is 2.59. The van der Waals surface area contributed by atoms with Crippen LogP contribution in [0.15, 0.2) is 18.2 Å². The van der Waals surface area contributed by atoms with E-state index >= 15 is 0 Å². The molecule has 1 aromatic carbocycles. The summed E-state index contributed by atoms with van der Waals surface area (Å²) in [5.41, 5.74) is 2.43. The lowest BCUT2D eigenvalue weighted by atomic mass is 9.64. The first kappa shape index (κ1) is 31.9. The van der Waals surface area contributed by atoms with Crippen molar-refractivity contribution in [3.8, 4) is 5.75 Å². The molecule has 0 radical (unpaired) electrons. The molecule has 2 N–H and O–H groups in total. The number of methoxy groups -OCH3 is 1. The number of nitrogens with zero attached hydrogens (tertiary/aromatic N) is 3. The molecule has 1 aliphatic carbocycles. The molecule has 1 unspecified atom stereocenters. The Morgan fingerprint density at radius 2 is 1.93 bits per heavy atom. The molecule has 3 aliphatic heterocycles. The van der Waals surface area contributed by atoms with E-state index in [1.807, 2.05) is 36.0 Å². The van der Waals surface area contributed by atoms with Crippen molar-refractivity contribution in [3.05, 3.63) is 29.5 Å². The van der Waals surface area contributed by atoms with Gasteiger partial charge in [0.25, 0.3) is 0 Å². The van der Waals surface area contributed by atoms with E-state index in [2.05, 4.69) is 21.3 Å². The van der Waals surface area contributed by atoms with Crippen molar-refractivity contribution in [2.24, 2.45) is 17.8 Å². The van der Waals surface area contributed by atoms with Crippen LogP contribution in [-0.4, -0.2) is 105 Å². The molecule has 3 amide bonds. The van der Waals surface area contributed by atoms with Crippen molar-refractivity contribution in [2.45, 2.75) is 69.7 Å². The summed E-state index contributed by atoms with van der Waals surface area (Å²) < 4.78 is 11.2. The lowest BCUT2D eigenvalue weighted by molar-refractivity contribution is -0.169. The molecule has 10 nitrogen and oxygen atoms in total. The molecule has 3 atom stereocenters. The normalized spacial score (nSPS) is 25.5. The van der Waals surface area contributed by atoms with Gasteiger partial charge in [-0.3, -0.25) is 14.4 Å². The minimum absolute atomic E-state index is 0.0118. The van der Waals surface area contributed by atoms with Crippen LogP contribution in [0.2, 0.25) is 0 Å². The largest absolute Gasteiger partial charge is 0.497 e. The number of hydrogen-bond acceptors (Lipinski definition) is 6. The zero-order valence-electron chi connectivity index (χ0n) is 27.4. The molecule has 246 valence electrons. The summed E-state index contributed by atoms with van der Waals surface area (Å²) in [5, 5.41) is 4.14. The quantitative estimate of drug-likeness (QED) is 0.371. The zero-order chi connectivity index (χ0) is 31.6. The Morgan fingerprint density at radius 1 is 1.16 bits per heavy atom. The molecule has 4 aliphatic rings. The van der Waals surface area contributed by atoms with Gasteiger partial charge >= 0.3 is 0 Å². The van der Waals surface area contributed by atoms with Gasteiger partial charge in [-0.05, 0) is 82.4 Å². The van der Waals surface area contributed by atoms with Crippen molar-refractivity contribution in [1.29, 1.82) is 0 Å². The number of H-pyrrole nitrogens is 1. The Kier molecular flexibility index (Phi) is 9.71. The fourth-order valence-corrected chi connectivity index (χ4v) is 8.57. The third-order valence-electron chi connectivity index (χ3n) is 10.9. The predicted octanol–water partition coefficient (Wildman–Crippen LogP) is 3.68. The maximum absolute atomic E-state index is 14.7. The average Bonchev–Trinajstić information content (AvgIpc) is 3.71. The van der Waals surface area contributed by atoms with Gasteiger partial charge in [-0.25, -0.2) is 0 Å². The number of morpholine rings is 1. The van der Waals surface area contributed by atoms with Gasteiger partial charge in [-0.15, -0.1) is 0 Å². The number of fused-ring (bicyclic) bond motifs is 5. The van der Waals surface area contributed by atoms with Crippen molar-refractivity contribution in [1.82, 2.24) is 25.0 Å². The Bertz CT molecular complexity index is 1380. The molecule has 0 bridgehead atoms. The molecule has 2 aromatic rings. The summed E-state index contributed by atoms with van der Waals surface area (Å²) in [6.45, 7) is 4.14. The van der Waals surface area contributed by atoms with Crippen LogP contribution in [0.4, 0.5) is 0 Å². The number of piperidine rings is 1. The van der Waals surface area contributed by atoms with Crippen molar-refractivity contribution < 1.29 is 23.9 Å². The van der Waals surface area contributed by atoms with Gasteiger partial charge in [0.15, 0.2) is 0 Å². The highest BCUT2D eigenvalue weighted by molar-refractivity contribution is 5.93. The van der Waals surface area contributed by atoms with Gasteiger partial charge in [-0.1, -0.05) is 25.7 Å². The number of aromatic amines is 1. The van der Waals surface area contributed by atoms with Crippen LogP contribution < -0.4 is 10.1 Å². The van der Waals surface area contributed by atoms with Gasteiger partial charge in [-0.2, -0.15) is 0 Å². The standard InChI is InChI=1S/C35H51N5O5/c1-38(2)15-6-14-36-31(41)22-25-21-29(34(43)39-17-19-45-20-18-39)35(13-11-24-7-4-5-8-24)32-27(12-16-40(35)33(25)42)28-23-26(44-3)9-10-30(28)37-32/h9-10,23-25,29,37H,4-8,11-22H2,1-3H3,(H,36,41)/t25?,29-,35+/m1/s1. The summed E-state index contributed by atoms with van der Waals surface area (Å²) in [6.07, 6.45) is 8.66. The van der Waals surface area contributed by atoms with Gasteiger partial charge in [0, 0.05) is 55.1 Å². The third kappa shape index (κ3) is 6.32. The number of carbonyl (C=O) groups is 3. The number of nitrogens with one attached hydrogen (secondary N) is 2. The second-order valence-corrected chi connectivity index (χ2v) is 13.9. The number of carbonyl (C=O) groups excluding carboxylic acids is 3. The summed E-state index contributed by atoms with van der Waals surface area (Å²) in [6, 6.07) is 6.09. The van der Waals surface area contributed by atoms with Crippen LogP contribution in [0.1, 0.15) is 69.0 Å². The van der Waals surface area contributed by atoms with E-state index in [1.165, 1.54) is 31.2 Å². The van der Waals surface area contributed by atoms with Crippen LogP contribution >= 0.6 is 0 Å². The number of rotatable bonds is 11. The minimum Gasteiger partial charge on any atom is -0.497 e. The Labute approximate surface area is 267 Å². The lowest BCUT2D eigenvalue weighted by Gasteiger charge is -2.56. The highest BCUT2D eigenvalue weighted by Crippen LogP contribution is 2.54. The minimum atomic E-state index is -0.784. The first-order valence-corrected chi connectivity index (χ1v) is 17.1. The maximum Gasteiger partial charge on any atom is 0.228 e. The molecule has 10 heteroatoms. The smallest absolute Gasteiger partial charge is 0.228 e. The van der Waals surface area contributed by atoms with Crippen molar-refractivity contribution in [3.63, 3.8) is 0 Å². The Balaban J connectivity index is 1.39. The fraction of sp³-hybridized carbons (Fsp3) is 0.686. The van der Waals surface area contributed by atoms with E-state index in [0.717, 1.165) is 48.2 Å². The molecular formula is C35H51N5O5. The van der Waals surface area contributed by atoms with E-state index in [4.69, 9.17) is 9.47 Å². The first-order chi connectivity index (χ1) is 21.8. The van der Waals surface area contributed by atoms with Gasteiger partial charge in [0.2, 0.25) is 17.7 Å². The molecule has 4 heterocycles. The number of amides is 3. The van der Waals surface area contributed by atoms with E-state index in [1.54, 1.807) is 7.11 Å². The van der Waals surface area contributed by atoms with Gasteiger partial charge in [0.05, 0.1) is 31.8 Å². The summed E-state index contributed by atoms with van der Waals surface area (Å²) in [7, 11) is 5.71. The molecule has 6 rings (SSSR count). The molecule has 1 aromatic heterocycles. The molecular weight excluding hydrogens is 570 g/mol. The average molecular weight is 622 g/mol. The van der Waals surface area contributed by atoms with Crippen molar-refractivity contribution >= 4 is 28.6 Å². The third-order valence-corrected chi connectivity index (χ3v) is 10.9. The monoisotopic (exact) mass is 621 g/mol.